The molecule has 0 amide bonds. The van der Waals surface area contributed by atoms with Crippen molar-refractivity contribution in [2.24, 2.45) is 0 Å². The summed E-state index contributed by atoms with van der Waals surface area (Å²) in [5, 5.41) is 5.71. The van der Waals surface area contributed by atoms with Gasteiger partial charge in [0.25, 0.3) is 0 Å². The summed E-state index contributed by atoms with van der Waals surface area (Å²) in [5.41, 5.74) is 9.05. The first-order chi connectivity index (χ1) is 11.9. The highest BCUT2D eigenvalue weighted by Gasteiger charge is 2.27. The first-order valence-corrected chi connectivity index (χ1v) is 9.02. The average Bonchev–Trinajstić information content (AvgIpc) is 2.98. The maximum absolute atomic E-state index is 2.50. The standard InChI is InChI=1S/C24H18/c1-3-9-17-15(7-1)13-22-19-11-5-6-12-20(19)23-18-10-4-2-8-16(18)14-21(17)24(22)23/h1,3,5-7,9,11-14H,2,4,8,10H2. The van der Waals surface area contributed by atoms with Gasteiger partial charge >= 0.3 is 0 Å². The quantitative estimate of drug-likeness (QED) is 0.286. The van der Waals surface area contributed by atoms with E-state index < -0.39 is 0 Å². The number of aryl methyl sites for hydroxylation is 1. The lowest BCUT2D eigenvalue weighted by Gasteiger charge is -2.21. The minimum Gasteiger partial charge on any atom is -0.0616 e. The zero-order valence-electron chi connectivity index (χ0n) is 13.6. The number of fused-ring (bicyclic) bond motifs is 7. The van der Waals surface area contributed by atoms with Crippen molar-refractivity contribution in [3.05, 3.63) is 71.8 Å². The number of hydrogen-bond donors (Lipinski definition) is 0. The SMILES string of the molecule is c1ccc2c(c1)-c1cc3ccccc3c3cc4c(c-2c13)CCCC4. The fraction of sp³-hybridized carbons (Fsp3) is 0.167. The molecule has 0 heteroatoms. The summed E-state index contributed by atoms with van der Waals surface area (Å²) >= 11 is 0. The molecule has 0 atom stereocenters. The fourth-order valence-corrected chi connectivity index (χ4v) is 4.94. The number of benzene rings is 4. The Morgan fingerprint density at radius 2 is 1.42 bits per heavy atom. The van der Waals surface area contributed by atoms with Gasteiger partial charge in [-0.2, -0.15) is 0 Å². The van der Waals surface area contributed by atoms with Gasteiger partial charge in [-0.15, -0.1) is 0 Å². The highest BCUT2D eigenvalue weighted by atomic mass is 14.3. The Kier molecular flexibility index (Phi) is 2.38. The van der Waals surface area contributed by atoms with Gasteiger partial charge in [0.05, 0.1) is 0 Å². The Morgan fingerprint density at radius 3 is 2.38 bits per heavy atom. The second-order valence-corrected chi connectivity index (χ2v) is 7.21. The molecule has 24 heavy (non-hydrogen) atoms. The zero-order chi connectivity index (χ0) is 15.7. The van der Waals surface area contributed by atoms with Gasteiger partial charge in [-0.25, -0.2) is 0 Å². The summed E-state index contributed by atoms with van der Waals surface area (Å²) < 4.78 is 0. The fourth-order valence-electron chi connectivity index (χ4n) is 4.94. The maximum atomic E-state index is 2.50. The average molecular weight is 306 g/mol. The Balaban J connectivity index is 1.92. The van der Waals surface area contributed by atoms with E-state index in [1.54, 1.807) is 16.7 Å². The van der Waals surface area contributed by atoms with Gasteiger partial charge in [-0.05, 0) is 86.7 Å². The molecule has 2 aliphatic carbocycles. The van der Waals surface area contributed by atoms with Crippen LogP contribution in [-0.4, -0.2) is 0 Å². The molecule has 0 spiro atoms. The van der Waals surface area contributed by atoms with Crippen LogP contribution in [0.2, 0.25) is 0 Å². The molecule has 0 heterocycles. The lowest BCUT2D eigenvalue weighted by atomic mass is 9.83. The second kappa shape index (κ2) is 4.48. The summed E-state index contributed by atoms with van der Waals surface area (Å²) in [6.45, 7) is 0. The first kappa shape index (κ1) is 12.8. The van der Waals surface area contributed by atoms with Crippen molar-refractivity contribution in [1.82, 2.24) is 0 Å². The molecular formula is C24H18. The van der Waals surface area contributed by atoms with Gasteiger partial charge in [-0.1, -0.05) is 54.6 Å². The molecule has 0 unspecified atom stereocenters. The highest BCUT2D eigenvalue weighted by molar-refractivity contribution is 6.24. The maximum Gasteiger partial charge on any atom is -0.00169 e. The summed E-state index contributed by atoms with van der Waals surface area (Å²) in [5.74, 6) is 0. The van der Waals surface area contributed by atoms with Crippen molar-refractivity contribution in [3.63, 3.8) is 0 Å². The zero-order valence-corrected chi connectivity index (χ0v) is 13.6. The van der Waals surface area contributed by atoms with Gasteiger partial charge in [0, 0.05) is 0 Å². The van der Waals surface area contributed by atoms with E-state index in [1.807, 2.05) is 0 Å². The lowest BCUT2D eigenvalue weighted by Crippen LogP contribution is -2.04. The molecule has 0 N–H and O–H groups in total. The van der Waals surface area contributed by atoms with Crippen LogP contribution < -0.4 is 0 Å². The van der Waals surface area contributed by atoms with Crippen LogP contribution in [0, 0.1) is 0 Å². The van der Waals surface area contributed by atoms with Crippen molar-refractivity contribution in [2.75, 3.05) is 0 Å². The van der Waals surface area contributed by atoms with E-state index in [1.165, 1.54) is 63.9 Å². The molecule has 0 bridgehead atoms. The van der Waals surface area contributed by atoms with E-state index in [0.29, 0.717) is 0 Å². The first-order valence-electron chi connectivity index (χ1n) is 9.02. The van der Waals surface area contributed by atoms with Gasteiger partial charge in [0.2, 0.25) is 0 Å². The molecule has 0 nitrogen and oxygen atoms in total. The third kappa shape index (κ3) is 1.49. The predicted molar refractivity (Wildman–Crippen MR) is 103 cm³/mol. The molecule has 2 aliphatic rings. The molecule has 0 fully saturated rings. The number of rotatable bonds is 0. The molecule has 0 radical (unpaired) electrons. The molecular weight excluding hydrogens is 288 g/mol. The highest BCUT2D eigenvalue weighted by Crippen LogP contribution is 2.52. The van der Waals surface area contributed by atoms with Crippen LogP contribution >= 0.6 is 0 Å². The summed E-state index contributed by atoms with van der Waals surface area (Å²) in [6.07, 6.45) is 5.13. The van der Waals surface area contributed by atoms with Crippen LogP contribution in [0.15, 0.2) is 60.7 Å². The molecule has 0 aromatic heterocycles. The Morgan fingerprint density at radius 1 is 0.625 bits per heavy atom. The van der Waals surface area contributed by atoms with Gasteiger partial charge < -0.3 is 0 Å². The third-order valence-corrected chi connectivity index (χ3v) is 5.96. The van der Waals surface area contributed by atoms with Crippen molar-refractivity contribution in [3.8, 4) is 22.3 Å². The number of hydrogen-bond acceptors (Lipinski definition) is 0. The molecule has 4 aromatic rings. The molecule has 6 rings (SSSR count). The van der Waals surface area contributed by atoms with E-state index in [-0.39, 0.29) is 0 Å². The van der Waals surface area contributed by atoms with Crippen LogP contribution in [0.3, 0.4) is 0 Å². The molecule has 0 aliphatic heterocycles. The smallest absolute Gasteiger partial charge is 0.00169 e. The molecule has 0 saturated heterocycles. The van der Waals surface area contributed by atoms with E-state index in [4.69, 9.17) is 0 Å². The Bertz CT molecular complexity index is 1150. The van der Waals surface area contributed by atoms with Crippen LogP contribution in [-0.2, 0) is 12.8 Å². The Labute approximate surface area is 141 Å². The van der Waals surface area contributed by atoms with Gasteiger partial charge in [0.15, 0.2) is 0 Å². The van der Waals surface area contributed by atoms with Crippen molar-refractivity contribution in [2.45, 2.75) is 25.7 Å². The van der Waals surface area contributed by atoms with Crippen LogP contribution in [0.25, 0.3) is 43.8 Å². The van der Waals surface area contributed by atoms with Crippen LogP contribution in [0.1, 0.15) is 24.0 Å². The molecule has 114 valence electrons. The topological polar surface area (TPSA) is 0 Å². The van der Waals surface area contributed by atoms with Crippen molar-refractivity contribution in [1.29, 1.82) is 0 Å². The normalized spacial score (nSPS) is 14.8. The van der Waals surface area contributed by atoms with E-state index in [9.17, 15) is 0 Å². The van der Waals surface area contributed by atoms with E-state index >= 15 is 0 Å². The third-order valence-electron chi connectivity index (χ3n) is 5.96. The van der Waals surface area contributed by atoms with Gasteiger partial charge in [0.1, 0.15) is 0 Å². The van der Waals surface area contributed by atoms with E-state index in [0.717, 1.165) is 0 Å². The second-order valence-electron chi connectivity index (χ2n) is 7.21. The van der Waals surface area contributed by atoms with Gasteiger partial charge in [-0.3, -0.25) is 0 Å². The summed E-state index contributed by atoms with van der Waals surface area (Å²) in [6, 6.07) is 22.8. The summed E-state index contributed by atoms with van der Waals surface area (Å²) in [7, 11) is 0. The van der Waals surface area contributed by atoms with Crippen LogP contribution in [0.5, 0.6) is 0 Å². The van der Waals surface area contributed by atoms with Crippen molar-refractivity contribution >= 4 is 21.5 Å². The monoisotopic (exact) mass is 306 g/mol. The molecule has 0 saturated carbocycles. The Hall–Kier alpha value is -2.60. The lowest BCUT2D eigenvalue weighted by molar-refractivity contribution is 0.688. The minimum absolute atomic E-state index is 1.24. The van der Waals surface area contributed by atoms with E-state index in [2.05, 4.69) is 60.7 Å². The minimum atomic E-state index is 1.24. The molecule has 4 aromatic carbocycles. The van der Waals surface area contributed by atoms with Crippen molar-refractivity contribution < 1.29 is 0 Å². The summed E-state index contributed by atoms with van der Waals surface area (Å²) in [4.78, 5) is 0. The van der Waals surface area contributed by atoms with Crippen LogP contribution in [0.4, 0.5) is 0 Å². The largest absolute Gasteiger partial charge is 0.0616 e. The predicted octanol–water partition coefficient (Wildman–Crippen LogP) is 6.52.